The number of nitrogens with zero attached hydrogens (tertiary/aromatic N) is 1. The topological polar surface area (TPSA) is 97.2 Å². The van der Waals surface area contributed by atoms with E-state index in [0.29, 0.717) is 36.5 Å². The Morgan fingerprint density at radius 1 is 1.19 bits per heavy atom. The van der Waals surface area contributed by atoms with Gasteiger partial charge in [-0.25, -0.2) is 4.79 Å². The lowest BCUT2D eigenvalue weighted by molar-refractivity contribution is -0.116. The highest BCUT2D eigenvalue weighted by Gasteiger charge is 2.06. The molecule has 1 aromatic heterocycles. The van der Waals surface area contributed by atoms with Gasteiger partial charge >= 0.3 is 5.76 Å². The molecule has 0 aliphatic rings. The summed E-state index contributed by atoms with van der Waals surface area (Å²) in [7, 11) is 0. The van der Waals surface area contributed by atoms with Gasteiger partial charge in [-0.05, 0) is 49.2 Å². The fraction of sp³-hybridized carbons (Fsp3) is 0.211. The van der Waals surface area contributed by atoms with Crippen LogP contribution < -0.4 is 15.8 Å². The molecule has 0 bridgehead atoms. The summed E-state index contributed by atoms with van der Waals surface area (Å²) in [5.74, 6) is 0.502. The molecule has 2 aromatic carbocycles. The highest BCUT2D eigenvalue weighted by atomic mass is 16.5. The van der Waals surface area contributed by atoms with E-state index in [9.17, 15) is 9.59 Å². The zero-order valence-corrected chi connectivity index (χ0v) is 14.3. The normalized spacial score (nSPS) is 10.5. The fourth-order valence-electron chi connectivity index (χ4n) is 2.42. The number of carbonyl (C=O) groups is 1. The number of carbonyl (C=O) groups excluding carboxylic acids is 1. The molecule has 0 unspecified atom stereocenters. The number of aromatic nitrogens is 2. The third-order valence-electron chi connectivity index (χ3n) is 3.78. The van der Waals surface area contributed by atoms with Gasteiger partial charge in [0.1, 0.15) is 5.75 Å². The molecule has 7 nitrogen and oxygen atoms in total. The highest BCUT2D eigenvalue weighted by Crippen LogP contribution is 2.18. The molecule has 0 spiro atoms. The third-order valence-corrected chi connectivity index (χ3v) is 3.78. The van der Waals surface area contributed by atoms with Gasteiger partial charge in [-0.15, -0.1) is 0 Å². The first kappa shape index (κ1) is 17.5. The Kier molecular flexibility index (Phi) is 5.48. The number of anilines is 1. The number of benzene rings is 2. The number of nitrogens with one attached hydrogen (secondary N) is 2. The van der Waals surface area contributed by atoms with Crippen molar-refractivity contribution in [3.05, 3.63) is 64.6 Å². The summed E-state index contributed by atoms with van der Waals surface area (Å²) in [6, 6.07) is 14.7. The van der Waals surface area contributed by atoms with Crippen LogP contribution in [-0.4, -0.2) is 22.7 Å². The van der Waals surface area contributed by atoms with Crippen molar-refractivity contribution in [2.45, 2.75) is 19.8 Å². The second-order valence-electron chi connectivity index (χ2n) is 5.79. The molecule has 0 radical (unpaired) electrons. The average molecular weight is 353 g/mol. The van der Waals surface area contributed by atoms with Crippen molar-refractivity contribution < 1.29 is 14.1 Å². The summed E-state index contributed by atoms with van der Waals surface area (Å²) in [5.41, 5.74) is 2.44. The lowest BCUT2D eigenvalue weighted by Gasteiger charge is -2.09. The van der Waals surface area contributed by atoms with Crippen LogP contribution >= 0.6 is 0 Å². The van der Waals surface area contributed by atoms with Crippen LogP contribution in [0.1, 0.15) is 18.4 Å². The molecular weight excluding hydrogens is 334 g/mol. The van der Waals surface area contributed by atoms with Gasteiger partial charge in [0.2, 0.25) is 5.91 Å². The van der Waals surface area contributed by atoms with E-state index in [2.05, 4.69) is 20.0 Å². The number of hydrogen-bond acceptors (Lipinski definition) is 5. The van der Waals surface area contributed by atoms with Crippen LogP contribution in [0.15, 0.2) is 57.8 Å². The number of ether oxygens (including phenoxy) is 1. The summed E-state index contributed by atoms with van der Waals surface area (Å²) < 4.78 is 10.1. The predicted molar refractivity (Wildman–Crippen MR) is 97.1 cm³/mol. The van der Waals surface area contributed by atoms with E-state index >= 15 is 0 Å². The van der Waals surface area contributed by atoms with Crippen molar-refractivity contribution in [2.75, 3.05) is 11.9 Å². The van der Waals surface area contributed by atoms with Gasteiger partial charge in [-0.1, -0.05) is 23.4 Å². The Balaban J connectivity index is 1.44. The first-order chi connectivity index (χ1) is 12.6. The van der Waals surface area contributed by atoms with Crippen molar-refractivity contribution in [3.8, 4) is 17.1 Å². The number of para-hydroxylation sites is 1. The predicted octanol–water partition coefficient (Wildman–Crippen LogP) is 3.14. The van der Waals surface area contributed by atoms with Gasteiger partial charge in [-0.3, -0.25) is 14.3 Å². The van der Waals surface area contributed by atoms with E-state index in [0.717, 1.165) is 11.3 Å². The molecule has 26 heavy (non-hydrogen) atoms. The van der Waals surface area contributed by atoms with E-state index in [4.69, 9.17) is 4.74 Å². The number of aryl methyl sites for hydroxylation is 1. The van der Waals surface area contributed by atoms with Crippen LogP contribution in [0.5, 0.6) is 5.75 Å². The molecule has 0 aliphatic carbocycles. The quantitative estimate of drug-likeness (QED) is 0.636. The van der Waals surface area contributed by atoms with Crippen molar-refractivity contribution in [1.29, 1.82) is 0 Å². The highest BCUT2D eigenvalue weighted by molar-refractivity contribution is 5.90. The molecular formula is C19H19N3O4. The molecule has 0 aliphatic heterocycles. The minimum Gasteiger partial charge on any atom is -0.493 e. The average Bonchev–Trinajstić information content (AvgIpc) is 3.07. The third kappa shape index (κ3) is 4.60. The maximum Gasteiger partial charge on any atom is 0.439 e. The summed E-state index contributed by atoms with van der Waals surface area (Å²) in [5, 5.41) is 6.44. The standard InChI is InChI=1S/C19H19N3O4/c1-13-5-2-3-6-16(13)25-12-4-7-17(23)20-15-10-8-14(9-11-15)18-21-19(24)26-22-18/h2-3,5-6,8-11H,4,7,12H2,1H3,(H,20,23)(H,21,22,24). The number of hydrogen-bond donors (Lipinski definition) is 2. The van der Waals surface area contributed by atoms with Crippen LogP contribution in [0.3, 0.4) is 0 Å². The van der Waals surface area contributed by atoms with E-state index in [1.807, 2.05) is 31.2 Å². The van der Waals surface area contributed by atoms with Crippen molar-refractivity contribution >= 4 is 11.6 Å². The minimum atomic E-state index is -0.606. The number of H-pyrrole nitrogens is 1. The van der Waals surface area contributed by atoms with Crippen LogP contribution in [0, 0.1) is 6.92 Å². The zero-order valence-electron chi connectivity index (χ0n) is 14.3. The van der Waals surface area contributed by atoms with Gasteiger partial charge in [0.25, 0.3) is 0 Å². The fourth-order valence-corrected chi connectivity index (χ4v) is 2.42. The summed E-state index contributed by atoms with van der Waals surface area (Å²) in [4.78, 5) is 25.4. The molecule has 134 valence electrons. The summed E-state index contributed by atoms with van der Waals surface area (Å²) >= 11 is 0. The molecule has 1 heterocycles. The number of amides is 1. The maximum absolute atomic E-state index is 12.0. The molecule has 0 atom stereocenters. The van der Waals surface area contributed by atoms with Gasteiger partial charge < -0.3 is 10.1 Å². The van der Waals surface area contributed by atoms with Gasteiger partial charge in [0.15, 0.2) is 5.82 Å². The molecule has 0 fully saturated rings. The Labute approximate surface area is 150 Å². The second kappa shape index (κ2) is 8.15. The molecule has 3 aromatic rings. The minimum absolute atomic E-state index is 0.0824. The van der Waals surface area contributed by atoms with E-state index < -0.39 is 5.76 Å². The Morgan fingerprint density at radius 2 is 1.96 bits per heavy atom. The Bertz CT molecular complexity index is 928. The Morgan fingerprint density at radius 3 is 2.65 bits per heavy atom. The van der Waals surface area contributed by atoms with Gasteiger partial charge in [0.05, 0.1) is 6.61 Å². The SMILES string of the molecule is Cc1ccccc1OCCCC(=O)Nc1ccc(-c2noc(=O)[nH]2)cc1. The molecule has 0 saturated carbocycles. The molecule has 7 heteroatoms. The van der Waals surface area contributed by atoms with Crippen molar-refractivity contribution in [2.24, 2.45) is 0 Å². The smallest absolute Gasteiger partial charge is 0.439 e. The molecule has 3 rings (SSSR count). The molecule has 2 N–H and O–H groups in total. The first-order valence-corrected chi connectivity index (χ1v) is 8.26. The van der Waals surface area contributed by atoms with Gasteiger partial charge in [0, 0.05) is 17.7 Å². The molecule has 0 saturated heterocycles. The number of rotatable bonds is 7. The lowest BCUT2D eigenvalue weighted by atomic mass is 10.2. The lowest BCUT2D eigenvalue weighted by Crippen LogP contribution is -2.12. The first-order valence-electron chi connectivity index (χ1n) is 8.26. The zero-order chi connectivity index (χ0) is 18.4. The van der Waals surface area contributed by atoms with Gasteiger partial charge in [-0.2, -0.15) is 0 Å². The second-order valence-corrected chi connectivity index (χ2v) is 5.79. The largest absolute Gasteiger partial charge is 0.493 e. The number of aromatic amines is 1. The molecule has 1 amide bonds. The van der Waals surface area contributed by atoms with Crippen molar-refractivity contribution in [1.82, 2.24) is 10.1 Å². The van der Waals surface area contributed by atoms with Crippen molar-refractivity contribution in [3.63, 3.8) is 0 Å². The maximum atomic E-state index is 12.0. The van der Waals surface area contributed by atoms with E-state index in [-0.39, 0.29) is 5.91 Å². The van der Waals surface area contributed by atoms with Crippen LogP contribution in [0.4, 0.5) is 5.69 Å². The van der Waals surface area contributed by atoms with E-state index in [1.54, 1.807) is 24.3 Å². The monoisotopic (exact) mass is 353 g/mol. The summed E-state index contributed by atoms with van der Waals surface area (Å²) in [6.07, 6.45) is 0.989. The van der Waals surface area contributed by atoms with Crippen LogP contribution in [-0.2, 0) is 4.79 Å². The van der Waals surface area contributed by atoms with Crippen LogP contribution in [0.25, 0.3) is 11.4 Å². The van der Waals surface area contributed by atoms with E-state index in [1.165, 1.54) is 0 Å². The Hall–Kier alpha value is -3.35. The van der Waals surface area contributed by atoms with Crippen LogP contribution in [0.2, 0.25) is 0 Å². The summed E-state index contributed by atoms with van der Waals surface area (Å²) in [6.45, 7) is 2.47.